The molecule has 0 spiro atoms. The van der Waals surface area contributed by atoms with Crippen molar-refractivity contribution in [3.63, 3.8) is 0 Å². The van der Waals surface area contributed by atoms with Gasteiger partial charge in [0.25, 0.3) is 0 Å². The van der Waals surface area contributed by atoms with E-state index < -0.39 is 0 Å². The number of amides is 1. The summed E-state index contributed by atoms with van der Waals surface area (Å²) in [6, 6.07) is 7.99. The van der Waals surface area contributed by atoms with E-state index in [1.54, 1.807) is 0 Å². The molecule has 20 heavy (non-hydrogen) atoms. The van der Waals surface area contributed by atoms with Crippen molar-refractivity contribution in [3.05, 3.63) is 29.8 Å². The lowest BCUT2D eigenvalue weighted by molar-refractivity contribution is -0.122. The highest BCUT2D eigenvalue weighted by atomic mass is 16.5. The van der Waals surface area contributed by atoms with Crippen LogP contribution in [-0.2, 0) is 4.79 Å². The molecule has 0 heterocycles. The molecule has 1 rings (SSSR count). The molecule has 0 unspecified atom stereocenters. The first-order valence-electron chi connectivity index (χ1n) is 7.26. The Bertz CT molecular complexity index is 390. The van der Waals surface area contributed by atoms with Gasteiger partial charge in [0.1, 0.15) is 12.4 Å². The molecule has 0 fully saturated rings. The highest BCUT2D eigenvalue weighted by molar-refractivity contribution is 5.77. The van der Waals surface area contributed by atoms with Crippen molar-refractivity contribution >= 4 is 5.91 Å². The third kappa shape index (κ3) is 7.14. The summed E-state index contributed by atoms with van der Waals surface area (Å²) in [6.07, 6.45) is 2.13. The van der Waals surface area contributed by atoms with Gasteiger partial charge in [0.15, 0.2) is 0 Å². The van der Waals surface area contributed by atoms with Crippen LogP contribution >= 0.6 is 0 Å². The fourth-order valence-electron chi connectivity index (χ4n) is 1.74. The molecule has 0 radical (unpaired) electrons. The van der Waals surface area contributed by atoms with Gasteiger partial charge >= 0.3 is 0 Å². The zero-order valence-electron chi connectivity index (χ0n) is 12.8. The quantitative estimate of drug-likeness (QED) is 0.704. The van der Waals surface area contributed by atoms with Gasteiger partial charge in [-0.25, -0.2) is 0 Å². The predicted octanol–water partition coefficient (Wildman–Crippen LogP) is 2.22. The van der Waals surface area contributed by atoms with E-state index in [0.29, 0.717) is 13.2 Å². The van der Waals surface area contributed by atoms with E-state index >= 15 is 0 Å². The summed E-state index contributed by atoms with van der Waals surface area (Å²) in [7, 11) is 1.93. The number of rotatable bonds is 9. The van der Waals surface area contributed by atoms with Gasteiger partial charge in [-0.15, -0.1) is 0 Å². The molecule has 1 aromatic carbocycles. The van der Waals surface area contributed by atoms with Gasteiger partial charge in [-0.1, -0.05) is 31.0 Å². The third-order valence-corrected chi connectivity index (χ3v) is 3.03. The van der Waals surface area contributed by atoms with Crippen molar-refractivity contribution in [1.82, 2.24) is 10.2 Å². The summed E-state index contributed by atoms with van der Waals surface area (Å²) >= 11 is 0. The van der Waals surface area contributed by atoms with Crippen LogP contribution in [0.2, 0.25) is 0 Å². The molecule has 0 aliphatic heterocycles. The Morgan fingerprint density at radius 1 is 1.30 bits per heavy atom. The molecular weight excluding hydrogens is 252 g/mol. The Morgan fingerprint density at radius 2 is 2.00 bits per heavy atom. The lowest BCUT2D eigenvalue weighted by Crippen LogP contribution is -2.37. The van der Waals surface area contributed by atoms with Crippen molar-refractivity contribution < 1.29 is 9.53 Å². The fraction of sp³-hybridized carbons (Fsp3) is 0.562. The molecule has 1 N–H and O–H groups in total. The van der Waals surface area contributed by atoms with E-state index in [4.69, 9.17) is 4.74 Å². The van der Waals surface area contributed by atoms with Crippen molar-refractivity contribution in [2.45, 2.75) is 26.7 Å². The number of nitrogens with one attached hydrogen (secondary N) is 1. The topological polar surface area (TPSA) is 41.6 Å². The average molecular weight is 278 g/mol. The zero-order chi connectivity index (χ0) is 14.8. The molecular formula is C16H26N2O2. The molecule has 0 saturated carbocycles. The van der Waals surface area contributed by atoms with Crippen LogP contribution in [0.25, 0.3) is 0 Å². The number of ether oxygens (including phenoxy) is 1. The second-order valence-corrected chi connectivity index (χ2v) is 5.10. The van der Waals surface area contributed by atoms with Gasteiger partial charge in [-0.2, -0.15) is 0 Å². The van der Waals surface area contributed by atoms with Gasteiger partial charge in [0, 0.05) is 13.1 Å². The molecule has 0 bridgehead atoms. The Balaban J connectivity index is 2.14. The van der Waals surface area contributed by atoms with Gasteiger partial charge in [-0.05, 0) is 32.5 Å². The number of nitrogens with zero attached hydrogens (tertiary/aromatic N) is 1. The number of likely N-dealkylation sites (N-methyl/N-ethyl adjacent to an activating group) is 1. The van der Waals surface area contributed by atoms with Crippen molar-refractivity contribution in [3.8, 4) is 5.75 Å². The lowest BCUT2D eigenvalue weighted by atomic mass is 10.2. The van der Waals surface area contributed by atoms with Crippen LogP contribution in [0.4, 0.5) is 0 Å². The number of hydrogen-bond acceptors (Lipinski definition) is 3. The Hall–Kier alpha value is -1.55. The van der Waals surface area contributed by atoms with Crippen molar-refractivity contribution in [1.29, 1.82) is 0 Å². The number of benzene rings is 1. The highest BCUT2D eigenvalue weighted by Gasteiger charge is 2.05. The molecule has 4 heteroatoms. The summed E-state index contributed by atoms with van der Waals surface area (Å²) in [5, 5.41) is 2.91. The minimum atomic E-state index is 0.0799. The number of carbonyl (C=O) groups is 1. The summed E-state index contributed by atoms with van der Waals surface area (Å²) in [5.74, 6) is 0.952. The van der Waals surface area contributed by atoms with Crippen LogP contribution < -0.4 is 10.1 Å². The highest BCUT2D eigenvalue weighted by Crippen LogP contribution is 2.10. The largest absolute Gasteiger partial charge is 0.492 e. The van der Waals surface area contributed by atoms with E-state index in [-0.39, 0.29) is 5.91 Å². The van der Waals surface area contributed by atoms with Crippen LogP contribution in [0.5, 0.6) is 5.75 Å². The number of hydrogen-bond donors (Lipinski definition) is 1. The summed E-state index contributed by atoms with van der Waals surface area (Å²) in [5.41, 5.74) is 1.22. The van der Waals surface area contributed by atoms with Crippen LogP contribution in [0.15, 0.2) is 24.3 Å². The van der Waals surface area contributed by atoms with Crippen LogP contribution in [0.3, 0.4) is 0 Å². The van der Waals surface area contributed by atoms with Crippen molar-refractivity contribution in [2.75, 3.05) is 33.3 Å². The second-order valence-electron chi connectivity index (χ2n) is 5.10. The van der Waals surface area contributed by atoms with Crippen LogP contribution in [0, 0.1) is 6.92 Å². The molecule has 0 aromatic heterocycles. The average Bonchev–Trinajstić information content (AvgIpc) is 2.41. The molecule has 0 aliphatic carbocycles. The minimum absolute atomic E-state index is 0.0799. The summed E-state index contributed by atoms with van der Waals surface area (Å²) < 4.78 is 5.64. The van der Waals surface area contributed by atoms with Gasteiger partial charge in [0.2, 0.25) is 5.91 Å². The zero-order valence-corrected chi connectivity index (χ0v) is 12.8. The molecule has 112 valence electrons. The normalized spacial score (nSPS) is 10.6. The van der Waals surface area contributed by atoms with Crippen LogP contribution in [0.1, 0.15) is 25.3 Å². The van der Waals surface area contributed by atoms with Crippen molar-refractivity contribution in [2.24, 2.45) is 0 Å². The monoisotopic (exact) mass is 278 g/mol. The first-order chi connectivity index (χ1) is 9.61. The molecule has 0 saturated heterocycles. The molecule has 1 aromatic rings. The molecule has 0 atom stereocenters. The minimum Gasteiger partial charge on any atom is -0.492 e. The Kier molecular flexibility index (Phi) is 7.73. The molecule has 0 aliphatic rings. The summed E-state index contributed by atoms with van der Waals surface area (Å²) in [6.45, 7) is 6.66. The van der Waals surface area contributed by atoms with E-state index in [2.05, 4.69) is 19.2 Å². The fourth-order valence-corrected chi connectivity index (χ4v) is 1.74. The standard InChI is InChI=1S/C16H26N2O2/c1-4-5-10-17-16(19)13-18(3)11-12-20-15-8-6-14(2)7-9-15/h6-9H,4-5,10-13H2,1-3H3,(H,17,19). The first kappa shape index (κ1) is 16.5. The number of carbonyl (C=O) groups excluding carboxylic acids is 1. The van der Waals surface area contributed by atoms with E-state index in [1.807, 2.05) is 36.2 Å². The maximum Gasteiger partial charge on any atom is 0.234 e. The van der Waals surface area contributed by atoms with E-state index in [1.165, 1.54) is 5.56 Å². The number of aryl methyl sites for hydroxylation is 1. The SMILES string of the molecule is CCCCNC(=O)CN(C)CCOc1ccc(C)cc1. The smallest absolute Gasteiger partial charge is 0.234 e. The Labute approximate surface area is 122 Å². The first-order valence-corrected chi connectivity index (χ1v) is 7.26. The van der Waals surface area contributed by atoms with Gasteiger partial charge in [-0.3, -0.25) is 9.69 Å². The molecule has 1 amide bonds. The van der Waals surface area contributed by atoms with E-state index in [9.17, 15) is 4.79 Å². The van der Waals surface area contributed by atoms with Gasteiger partial charge in [0.05, 0.1) is 6.54 Å². The third-order valence-electron chi connectivity index (χ3n) is 3.03. The van der Waals surface area contributed by atoms with E-state index in [0.717, 1.165) is 31.7 Å². The second kappa shape index (κ2) is 9.37. The maximum absolute atomic E-state index is 11.6. The van der Waals surface area contributed by atoms with Gasteiger partial charge < -0.3 is 10.1 Å². The maximum atomic E-state index is 11.6. The number of unbranched alkanes of at least 4 members (excludes halogenated alkanes) is 1. The Morgan fingerprint density at radius 3 is 2.65 bits per heavy atom. The predicted molar refractivity (Wildman–Crippen MR) is 82.1 cm³/mol. The summed E-state index contributed by atoms with van der Waals surface area (Å²) in [4.78, 5) is 13.6. The lowest BCUT2D eigenvalue weighted by Gasteiger charge is -2.16. The van der Waals surface area contributed by atoms with Crippen LogP contribution in [-0.4, -0.2) is 44.1 Å². The molecule has 4 nitrogen and oxygen atoms in total.